The van der Waals surface area contributed by atoms with Crippen LogP contribution in [0.4, 0.5) is 0 Å². The van der Waals surface area contributed by atoms with Crippen LogP contribution in [0.15, 0.2) is 60.7 Å². The monoisotopic (exact) mass is 973 g/mol. The van der Waals surface area contributed by atoms with E-state index in [1.54, 1.807) is 65.7 Å². The van der Waals surface area contributed by atoms with E-state index in [4.69, 9.17) is 9.47 Å². The minimum Gasteiger partial charge on any atom is -0.363 e. The lowest BCUT2D eigenvalue weighted by Crippen LogP contribution is -2.59. The lowest BCUT2D eigenvalue weighted by Gasteiger charge is -2.35. The number of nitrogens with zero attached hydrogens (tertiary/aromatic N) is 4. The zero-order chi connectivity index (χ0) is 51.0. The van der Waals surface area contributed by atoms with Gasteiger partial charge in [0, 0.05) is 51.4 Å². The first-order chi connectivity index (χ1) is 33.7. The molecule has 2 aliphatic rings. The summed E-state index contributed by atoms with van der Waals surface area (Å²) in [5.41, 5.74) is 2.23. The fourth-order valence-corrected chi connectivity index (χ4v) is 8.70. The van der Waals surface area contributed by atoms with Gasteiger partial charge in [0.15, 0.2) is 0 Å². The Hall–Kier alpha value is -5.42. The van der Waals surface area contributed by atoms with Crippen LogP contribution in [-0.2, 0) is 51.1 Å². The normalized spacial score (nSPS) is 18.1. The molecule has 0 spiro atoms. The van der Waals surface area contributed by atoms with Crippen molar-refractivity contribution >= 4 is 35.4 Å². The highest BCUT2D eigenvalue weighted by Crippen LogP contribution is 2.23. The molecule has 4 rings (SSSR count). The summed E-state index contributed by atoms with van der Waals surface area (Å²) >= 11 is 0. The summed E-state index contributed by atoms with van der Waals surface area (Å²) in [5.74, 6) is 4.46. The molecule has 6 amide bonds. The van der Waals surface area contributed by atoms with Gasteiger partial charge in [-0.1, -0.05) is 72.5 Å². The third-order valence-corrected chi connectivity index (χ3v) is 13.3. The summed E-state index contributed by atoms with van der Waals surface area (Å²) in [7, 11) is 6.80. The first kappa shape index (κ1) is 57.2. The van der Waals surface area contributed by atoms with E-state index in [1.807, 2.05) is 70.5 Å². The van der Waals surface area contributed by atoms with E-state index in [2.05, 4.69) is 43.7 Å². The van der Waals surface area contributed by atoms with Crippen LogP contribution in [0.5, 0.6) is 0 Å². The van der Waals surface area contributed by atoms with Crippen LogP contribution in [0.1, 0.15) is 64.5 Å². The van der Waals surface area contributed by atoms with Crippen LogP contribution < -0.4 is 31.9 Å². The van der Waals surface area contributed by atoms with Crippen LogP contribution in [-0.4, -0.2) is 197 Å². The summed E-state index contributed by atoms with van der Waals surface area (Å²) in [6.45, 7) is 9.70. The number of carbonyl (C=O) groups excluding carboxylic acids is 6. The Morgan fingerprint density at radius 3 is 1.31 bits per heavy atom. The molecule has 18 nitrogen and oxygen atoms in total. The van der Waals surface area contributed by atoms with Gasteiger partial charge in [0.1, 0.15) is 25.3 Å². The average Bonchev–Trinajstić information content (AvgIpc) is 4.05. The predicted octanol–water partition coefficient (Wildman–Crippen LogP) is 0.549. The highest BCUT2D eigenvalue weighted by Gasteiger charge is 2.40. The molecule has 2 fully saturated rings. The molecular weight excluding hydrogens is 893 g/mol. The molecule has 2 aromatic rings. The van der Waals surface area contributed by atoms with Crippen molar-refractivity contribution in [2.24, 2.45) is 0 Å². The van der Waals surface area contributed by atoms with E-state index < -0.39 is 36.4 Å². The molecule has 0 radical (unpaired) electrons. The number of amides is 6. The van der Waals surface area contributed by atoms with E-state index in [0.717, 1.165) is 24.0 Å². The number of likely N-dealkylation sites (tertiary alicyclic amines) is 2. The molecule has 0 aliphatic carbocycles. The second kappa shape index (κ2) is 30.3. The standard InChI is InChI=1S/C52H80N10O8/c1-37(55-7)49(65)57-47(51(67)61-27-17-23-43(61)35-59(45(63)33-53-5)29-25-41-19-11-9-12-20-41)39(3)69-31-15-16-32-70-40(4)48(58-50(66)38(2)56-8)52(68)62-28-18-24-44(62)36-60(46(64)34-54-6)30-26-42-21-13-10-14-22-42/h9-14,19-22,37-40,43-44,47-48,53-56H,17-18,23-36H2,1-8H3,(H,57,65)(H,58,66)/t37-,38-,39+,40+,43-,44-,47-,48-/m0/s1. The molecule has 2 aliphatic heterocycles. The van der Waals surface area contributed by atoms with Crippen LogP contribution >= 0.6 is 0 Å². The maximum absolute atomic E-state index is 14.4. The van der Waals surface area contributed by atoms with Gasteiger partial charge in [0.25, 0.3) is 0 Å². The molecule has 8 atom stereocenters. The van der Waals surface area contributed by atoms with E-state index in [-0.39, 0.29) is 73.8 Å². The van der Waals surface area contributed by atoms with Gasteiger partial charge in [-0.3, -0.25) is 28.8 Å². The fourth-order valence-electron chi connectivity index (χ4n) is 8.70. The first-order valence-electron chi connectivity index (χ1n) is 24.9. The van der Waals surface area contributed by atoms with Gasteiger partial charge in [-0.25, -0.2) is 0 Å². The third kappa shape index (κ3) is 17.8. The van der Waals surface area contributed by atoms with E-state index in [1.165, 1.54) is 0 Å². The van der Waals surface area contributed by atoms with Gasteiger partial charge in [-0.2, -0.15) is 0 Å². The number of ether oxygens (including phenoxy) is 2. The zero-order valence-electron chi connectivity index (χ0n) is 42.8. The maximum atomic E-state index is 14.4. The number of rotatable bonds is 28. The lowest BCUT2D eigenvalue weighted by atomic mass is 10.1. The highest BCUT2D eigenvalue weighted by atomic mass is 16.5. The van der Waals surface area contributed by atoms with Gasteiger partial charge >= 0.3 is 0 Å². The van der Waals surface area contributed by atoms with Crippen LogP contribution in [0, 0.1) is 11.8 Å². The molecular formula is C52H80N10O8. The minimum absolute atomic E-state index is 0.0543. The number of likely N-dealkylation sites (N-methyl/N-ethyl adjacent to an activating group) is 4. The number of benzene rings is 2. The quantitative estimate of drug-likeness (QED) is 0.0648. The molecule has 2 saturated heterocycles. The molecule has 0 bridgehead atoms. The Morgan fingerprint density at radius 2 is 0.971 bits per heavy atom. The molecule has 2 aromatic carbocycles. The molecule has 0 aromatic heterocycles. The smallest absolute Gasteiger partial charge is 0.248 e. The van der Waals surface area contributed by atoms with Gasteiger partial charge in [-0.05, 0) is 106 Å². The van der Waals surface area contributed by atoms with E-state index >= 15 is 0 Å². The first-order valence-corrected chi connectivity index (χ1v) is 24.9. The summed E-state index contributed by atoms with van der Waals surface area (Å²) in [5, 5.41) is 17.6. The van der Waals surface area contributed by atoms with Crippen molar-refractivity contribution in [3.05, 3.63) is 71.8 Å². The molecule has 70 heavy (non-hydrogen) atoms. The Bertz CT molecular complexity index is 1880. The molecule has 386 valence electrons. The Balaban J connectivity index is 1.41. The summed E-state index contributed by atoms with van der Waals surface area (Å²) < 4.78 is 12.2. The van der Waals surface area contributed by atoms with Crippen molar-refractivity contribution in [2.45, 2.75) is 115 Å². The summed E-state index contributed by atoms with van der Waals surface area (Å²) in [6.07, 6.45) is 2.72. The maximum Gasteiger partial charge on any atom is 0.248 e. The minimum atomic E-state index is -1.03. The van der Waals surface area contributed by atoms with Gasteiger partial charge in [-0.15, -0.1) is 0 Å². The largest absolute Gasteiger partial charge is 0.363 e. The molecule has 0 unspecified atom stereocenters. The zero-order valence-corrected chi connectivity index (χ0v) is 42.8. The Morgan fingerprint density at radius 1 is 0.600 bits per heavy atom. The number of nitrogens with one attached hydrogen (secondary N) is 6. The number of hydrogen-bond acceptors (Lipinski definition) is 12. The molecule has 6 N–H and O–H groups in total. The van der Waals surface area contributed by atoms with Gasteiger partial charge in [0.05, 0.1) is 37.4 Å². The predicted molar refractivity (Wildman–Crippen MR) is 270 cm³/mol. The number of carbonyl (C=O) groups is 6. The van der Waals surface area contributed by atoms with E-state index in [9.17, 15) is 28.8 Å². The van der Waals surface area contributed by atoms with Gasteiger partial charge < -0.3 is 61.0 Å². The summed E-state index contributed by atoms with van der Waals surface area (Å²) in [4.78, 5) is 89.1. The summed E-state index contributed by atoms with van der Waals surface area (Å²) in [6, 6.07) is 16.2. The van der Waals surface area contributed by atoms with Crippen molar-refractivity contribution in [3.8, 4) is 11.8 Å². The highest BCUT2D eigenvalue weighted by molar-refractivity contribution is 5.91. The third-order valence-electron chi connectivity index (χ3n) is 13.3. The van der Waals surface area contributed by atoms with Crippen LogP contribution in [0.25, 0.3) is 0 Å². The van der Waals surface area contributed by atoms with Crippen molar-refractivity contribution in [1.82, 2.24) is 51.5 Å². The second-order valence-corrected chi connectivity index (χ2v) is 18.2. The average molecular weight is 973 g/mol. The molecule has 2 heterocycles. The Kier molecular flexibility index (Phi) is 24.8. The second-order valence-electron chi connectivity index (χ2n) is 18.2. The number of hydrogen-bond donors (Lipinski definition) is 6. The molecule has 18 heteroatoms. The topological polar surface area (TPSA) is 206 Å². The van der Waals surface area contributed by atoms with Crippen molar-refractivity contribution in [2.75, 3.05) is 93.8 Å². The van der Waals surface area contributed by atoms with Crippen molar-refractivity contribution in [1.29, 1.82) is 0 Å². The molecule has 0 saturated carbocycles. The Labute approximate surface area is 416 Å². The van der Waals surface area contributed by atoms with Crippen molar-refractivity contribution < 1.29 is 38.2 Å². The van der Waals surface area contributed by atoms with Crippen LogP contribution in [0.3, 0.4) is 0 Å². The van der Waals surface area contributed by atoms with E-state index in [0.29, 0.717) is 65.0 Å². The fraction of sp³-hybridized carbons (Fsp3) is 0.615. The van der Waals surface area contributed by atoms with Crippen LogP contribution in [0.2, 0.25) is 0 Å². The van der Waals surface area contributed by atoms with Crippen molar-refractivity contribution in [3.63, 3.8) is 0 Å². The lowest BCUT2D eigenvalue weighted by molar-refractivity contribution is -0.142. The van der Waals surface area contributed by atoms with Gasteiger partial charge in [0.2, 0.25) is 35.4 Å². The SMILES string of the molecule is CNCC(=O)N(CCc1ccccc1)C[C@@H]1CCCN1C(=O)[C@@H](NC(=O)[C@H](C)NC)[C@@H](C)OCC#CCO[C@H](C)[C@H](NC(=O)[C@H](C)NC)C(=O)N1CCC[C@H]1CN(CCc1ccccc1)C(=O)CNC.